The van der Waals surface area contributed by atoms with E-state index in [-0.39, 0.29) is 18.1 Å². The van der Waals surface area contributed by atoms with Crippen LogP contribution in [0.1, 0.15) is 36.2 Å². The average molecular weight is 419 g/mol. The van der Waals surface area contributed by atoms with Gasteiger partial charge in [0.25, 0.3) is 0 Å². The average Bonchev–Trinajstić information content (AvgIpc) is 3.41. The minimum absolute atomic E-state index is 0.0167. The van der Waals surface area contributed by atoms with Gasteiger partial charge in [0.05, 0.1) is 32.9 Å². The normalized spacial score (nSPS) is 17.3. The van der Waals surface area contributed by atoms with Crippen LogP contribution in [0.2, 0.25) is 0 Å². The Morgan fingerprint density at radius 3 is 2.86 bits per heavy atom. The number of nitrogens with zero attached hydrogens (tertiary/aromatic N) is 1. The first-order valence-electron chi connectivity index (χ1n) is 9.96. The molecule has 2 aromatic rings. The molecule has 0 aliphatic carbocycles. The van der Waals surface area contributed by atoms with E-state index in [9.17, 15) is 4.79 Å². The zero-order valence-corrected chi connectivity index (χ0v) is 18.2. The monoisotopic (exact) mass is 418 g/mol. The van der Waals surface area contributed by atoms with E-state index in [0.717, 1.165) is 49.6 Å². The van der Waals surface area contributed by atoms with E-state index in [2.05, 4.69) is 21.7 Å². The molecule has 1 aromatic carbocycles. The number of carbonyl (C=O) groups is 1. The number of nitrogens with one attached hydrogen (secondary N) is 1. The van der Waals surface area contributed by atoms with Crippen LogP contribution in [0.4, 0.5) is 0 Å². The van der Waals surface area contributed by atoms with Gasteiger partial charge in [0.1, 0.15) is 11.5 Å². The number of rotatable bonds is 10. The highest BCUT2D eigenvalue weighted by Gasteiger charge is 2.22. The van der Waals surface area contributed by atoms with Gasteiger partial charge in [-0.25, -0.2) is 0 Å². The molecule has 7 heteroatoms. The van der Waals surface area contributed by atoms with Crippen LogP contribution in [0.15, 0.2) is 35.7 Å². The fraction of sp³-hybridized carbons (Fsp3) is 0.500. The first-order chi connectivity index (χ1) is 14.1. The Hall–Kier alpha value is -2.09. The lowest BCUT2D eigenvalue weighted by atomic mass is 10.1. The van der Waals surface area contributed by atoms with Gasteiger partial charge in [-0.3, -0.25) is 9.69 Å². The molecule has 1 fully saturated rings. The lowest BCUT2D eigenvalue weighted by molar-refractivity contribution is -0.123. The lowest BCUT2D eigenvalue weighted by Gasteiger charge is -2.25. The van der Waals surface area contributed by atoms with Crippen LogP contribution < -0.4 is 14.8 Å². The largest absolute Gasteiger partial charge is 0.497 e. The van der Waals surface area contributed by atoms with Crippen LogP contribution >= 0.6 is 11.3 Å². The van der Waals surface area contributed by atoms with Crippen molar-refractivity contribution in [3.8, 4) is 11.5 Å². The van der Waals surface area contributed by atoms with Crippen molar-refractivity contribution in [2.75, 3.05) is 33.9 Å². The zero-order chi connectivity index (χ0) is 20.6. The summed E-state index contributed by atoms with van der Waals surface area (Å²) in [5.41, 5.74) is 0.893. The van der Waals surface area contributed by atoms with Crippen molar-refractivity contribution in [2.24, 2.45) is 0 Å². The molecular weight excluding hydrogens is 388 g/mol. The number of benzene rings is 1. The Labute approximate surface area is 176 Å². The van der Waals surface area contributed by atoms with E-state index in [4.69, 9.17) is 14.2 Å². The van der Waals surface area contributed by atoms with Crippen LogP contribution in [-0.4, -0.2) is 50.8 Å². The first kappa shape index (κ1) is 21.6. The Kier molecular flexibility index (Phi) is 7.91. The lowest BCUT2D eigenvalue weighted by Crippen LogP contribution is -2.41. The molecular formula is C22H30N2O4S. The Bertz CT molecular complexity index is 775. The fourth-order valence-corrected chi connectivity index (χ4v) is 4.38. The Balaban J connectivity index is 1.64. The van der Waals surface area contributed by atoms with Gasteiger partial charge in [-0.1, -0.05) is 6.07 Å². The van der Waals surface area contributed by atoms with Gasteiger partial charge in [-0.2, -0.15) is 0 Å². The zero-order valence-electron chi connectivity index (χ0n) is 17.3. The van der Waals surface area contributed by atoms with Crippen molar-refractivity contribution in [3.63, 3.8) is 0 Å². The smallest absolute Gasteiger partial charge is 0.234 e. The number of hydrogen-bond donors (Lipinski definition) is 1. The highest BCUT2D eigenvalue weighted by molar-refractivity contribution is 7.09. The molecule has 1 aliphatic rings. The van der Waals surface area contributed by atoms with Crippen LogP contribution in [0.5, 0.6) is 11.5 Å². The third-order valence-electron chi connectivity index (χ3n) is 5.09. The second kappa shape index (κ2) is 10.6. The van der Waals surface area contributed by atoms with Crippen molar-refractivity contribution in [1.82, 2.24) is 10.2 Å². The summed E-state index contributed by atoms with van der Waals surface area (Å²) in [4.78, 5) is 16.3. The van der Waals surface area contributed by atoms with E-state index < -0.39 is 0 Å². The van der Waals surface area contributed by atoms with Gasteiger partial charge in [0, 0.05) is 30.1 Å². The van der Waals surface area contributed by atoms with Gasteiger partial charge in [-0.05, 0) is 49.4 Å². The van der Waals surface area contributed by atoms with Crippen molar-refractivity contribution >= 4 is 17.2 Å². The van der Waals surface area contributed by atoms with Gasteiger partial charge in [0.15, 0.2) is 0 Å². The SMILES string of the molecule is COc1ccc(OC)c([C@H](C)NC(=O)CN(Cc2cccs2)C[C@@H]2CCCO2)c1. The molecule has 2 atom stereocenters. The molecule has 1 amide bonds. The summed E-state index contributed by atoms with van der Waals surface area (Å²) >= 11 is 1.71. The number of amides is 1. The summed E-state index contributed by atoms with van der Waals surface area (Å²) in [5, 5.41) is 5.17. The summed E-state index contributed by atoms with van der Waals surface area (Å²) in [6, 6.07) is 9.56. The maximum Gasteiger partial charge on any atom is 0.234 e. The van der Waals surface area contributed by atoms with Crippen LogP contribution in [0.25, 0.3) is 0 Å². The first-order valence-corrected chi connectivity index (χ1v) is 10.8. The second-order valence-electron chi connectivity index (χ2n) is 7.28. The van der Waals surface area contributed by atoms with Gasteiger partial charge >= 0.3 is 0 Å². The van der Waals surface area contributed by atoms with Crippen molar-refractivity contribution in [1.29, 1.82) is 0 Å². The summed E-state index contributed by atoms with van der Waals surface area (Å²) in [6.45, 7) is 4.62. The number of hydrogen-bond acceptors (Lipinski definition) is 6. The summed E-state index contributed by atoms with van der Waals surface area (Å²) < 4.78 is 16.6. The maximum atomic E-state index is 12.8. The molecule has 6 nitrogen and oxygen atoms in total. The highest BCUT2D eigenvalue weighted by Crippen LogP contribution is 2.29. The molecule has 0 saturated carbocycles. The van der Waals surface area contributed by atoms with Gasteiger partial charge in [-0.15, -0.1) is 11.3 Å². The van der Waals surface area contributed by atoms with Crippen LogP contribution in [-0.2, 0) is 16.1 Å². The van der Waals surface area contributed by atoms with Crippen LogP contribution in [0, 0.1) is 0 Å². The van der Waals surface area contributed by atoms with Crippen LogP contribution in [0.3, 0.4) is 0 Å². The van der Waals surface area contributed by atoms with E-state index in [0.29, 0.717) is 6.54 Å². The van der Waals surface area contributed by atoms with Gasteiger partial charge < -0.3 is 19.5 Å². The highest BCUT2D eigenvalue weighted by atomic mass is 32.1. The number of ether oxygens (including phenoxy) is 3. The molecule has 1 aliphatic heterocycles. The fourth-order valence-electron chi connectivity index (χ4n) is 3.63. The molecule has 2 heterocycles. The standard InChI is InChI=1S/C22H30N2O4S/c1-16(20-12-17(26-2)8-9-21(20)27-3)23-22(25)15-24(13-18-6-4-10-28-18)14-19-7-5-11-29-19/h5,7-9,11-12,16,18H,4,6,10,13-15H2,1-3H3,(H,23,25)/t16-,18-/m0/s1. The molecule has 1 aromatic heterocycles. The molecule has 0 spiro atoms. The number of carbonyl (C=O) groups excluding carboxylic acids is 1. The van der Waals surface area contributed by atoms with E-state index >= 15 is 0 Å². The molecule has 1 saturated heterocycles. The molecule has 0 unspecified atom stereocenters. The molecule has 0 bridgehead atoms. The maximum absolute atomic E-state index is 12.8. The third kappa shape index (κ3) is 6.19. The molecule has 29 heavy (non-hydrogen) atoms. The predicted molar refractivity (Wildman–Crippen MR) is 115 cm³/mol. The van der Waals surface area contributed by atoms with E-state index in [1.54, 1.807) is 25.6 Å². The van der Waals surface area contributed by atoms with Gasteiger partial charge in [0.2, 0.25) is 5.91 Å². The van der Waals surface area contributed by atoms with Crippen molar-refractivity contribution in [3.05, 3.63) is 46.2 Å². The molecule has 1 N–H and O–H groups in total. The summed E-state index contributed by atoms with van der Waals surface area (Å²) in [5.74, 6) is 1.45. The Morgan fingerprint density at radius 2 is 2.21 bits per heavy atom. The number of methoxy groups -OCH3 is 2. The molecule has 0 radical (unpaired) electrons. The molecule has 158 valence electrons. The quantitative estimate of drug-likeness (QED) is 0.639. The minimum atomic E-state index is -0.195. The minimum Gasteiger partial charge on any atom is -0.497 e. The summed E-state index contributed by atoms with van der Waals surface area (Å²) in [7, 11) is 3.26. The Morgan fingerprint density at radius 1 is 1.34 bits per heavy atom. The van der Waals surface area contributed by atoms with E-state index in [1.165, 1.54) is 4.88 Å². The predicted octanol–water partition coefficient (Wildman–Crippen LogP) is 3.62. The van der Waals surface area contributed by atoms with Crippen molar-refractivity contribution in [2.45, 2.75) is 38.5 Å². The van der Waals surface area contributed by atoms with Crippen molar-refractivity contribution < 1.29 is 19.0 Å². The second-order valence-corrected chi connectivity index (χ2v) is 8.31. The number of thiophene rings is 1. The van der Waals surface area contributed by atoms with E-state index in [1.807, 2.05) is 31.2 Å². The third-order valence-corrected chi connectivity index (χ3v) is 5.95. The topological polar surface area (TPSA) is 60.0 Å². The molecule has 3 rings (SSSR count). The summed E-state index contributed by atoms with van der Waals surface area (Å²) in [6.07, 6.45) is 2.36.